The van der Waals surface area contributed by atoms with Crippen molar-refractivity contribution in [2.24, 2.45) is 0 Å². The van der Waals surface area contributed by atoms with E-state index in [-0.39, 0.29) is 32.0 Å². The first-order chi connectivity index (χ1) is 38.0. The highest BCUT2D eigenvalue weighted by Crippen LogP contribution is 2.43. The lowest BCUT2D eigenvalue weighted by atomic mass is 10.0. The number of likely N-dealkylation sites (N-methyl/N-ethyl adjacent to an activating group) is 1. The van der Waals surface area contributed by atoms with Gasteiger partial charge in [0.2, 0.25) is 0 Å². The number of phosphoric acid groups is 1. The third-order valence-corrected chi connectivity index (χ3v) is 15.2. The zero-order valence-corrected chi connectivity index (χ0v) is 52.5. The van der Waals surface area contributed by atoms with Gasteiger partial charge in [-0.1, -0.05) is 267 Å². The zero-order chi connectivity index (χ0) is 57.0. The molecule has 0 spiro atoms. The summed E-state index contributed by atoms with van der Waals surface area (Å²) in [5.74, 6) is -0.795. The Morgan fingerprint density at radius 1 is 0.397 bits per heavy atom. The van der Waals surface area contributed by atoms with Crippen molar-refractivity contribution in [3.8, 4) is 0 Å². The molecular weight excluding hydrogens is 990 g/mol. The summed E-state index contributed by atoms with van der Waals surface area (Å²) < 4.78 is 34.7. The third kappa shape index (κ3) is 62.6. The van der Waals surface area contributed by atoms with Crippen molar-refractivity contribution in [1.82, 2.24) is 0 Å². The van der Waals surface area contributed by atoms with Crippen LogP contribution in [0.4, 0.5) is 0 Å². The molecule has 0 aliphatic heterocycles. The highest BCUT2D eigenvalue weighted by atomic mass is 31.2. The second kappa shape index (κ2) is 59.1. The number of quaternary nitrogens is 1. The summed E-state index contributed by atoms with van der Waals surface area (Å²) in [6.45, 7) is 4.44. The number of carbonyl (C=O) groups is 2. The molecule has 10 heteroatoms. The quantitative estimate of drug-likeness (QED) is 0.0211. The Hall–Kier alpha value is -2.55. The van der Waals surface area contributed by atoms with Gasteiger partial charge in [-0.05, 0) is 89.9 Å². The fourth-order valence-electron chi connectivity index (χ4n) is 9.15. The largest absolute Gasteiger partial charge is 0.472 e. The molecule has 0 aromatic rings. The number of hydrogen-bond acceptors (Lipinski definition) is 7. The third-order valence-electron chi connectivity index (χ3n) is 14.2. The van der Waals surface area contributed by atoms with Crippen LogP contribution in [0.5, 0.6) is 0 Å². The summed E-state index contributed by atoms with van der Waals surface area (Å²) in [5, 5.41) is 0. The number of allylic oxidation sites excluding steroid dienone is 12. The number of hydrogen-bond donors (Lipinski definition) is 1. The summed E-state index contributed by atoms with van der Waals surface area (Å²) in [4.78, 5) is 35.8. The second-order valence-electron chi connectivity index (χ2n) is 23.1. The Labute approximate surface area is 482 Å². The van der Waals surface area contributed by atoms with Gasteiger partial charge in [0, 0.05) is 12.8 Å². The van der Waals surface area contributed by atoms with Crippen molar-refractivity contribution in [3.63, 3.8) is 0 Å². The van der Waals surface area contributed by atoms with Crippen LogP contribution in [0.3, 0.4) is 0 Å². The predicted octanol–water partition coefficient (Wildman–Crippen LogP) is 20.8. The van der Waals surface area contributed by atoms with Crippen LogP contribution in [0, 0.1) is 0 Å². The van der Waals surface area contributed by atoms with E-state index in [9.17, 15) is 19.0 Å². The number of carbonyl (C=O) groups excluding carboxylic acids is 2. The van der Waals surface area contributed by atoms with Gasteiger partial charge >= 0.3 is 19.8 Å². The molecule has 0 aliphatic rings. The van der Waals surface area contributed by atoms with Gasteiger partial charge in [0.15, 0.2) is 6.10 Å². The first-order valence-corrected chi connectivity index (χ1v) is 34.2. The summed E-state index contributed by atoms with van der Waals surface area (Å²) in [7, 11) is 1.48. The van der Waals surface area contributed by atoms with Crippen LogP contribution in [0.15, 0.2) is 72.9 Å². The minimum Gasteiger partial charge on any atom is -0.462 e. The van der Waals surface area contributed by atoms with E-state index in [4.69, 9.17) is 18.5 Å². The Kier molecular flexibility index (Phi) is 57.2. The predicted molar refractivity (Wildman–Crippen MR) is 335 cm³/mol. The average molecular weight is 1120 g/mol. The van der Waals surface area contributed by atoms with Gasteiger partial charge in [0.05, 0.1) is 27.7 Å². The van der Waals surface area contributed by atoms with Crippen molar-refractivity contribution < 1.29 is 42.1 Å². The lowest BCUT2D eigenvalue weighted by molar-refractivity contribution is -0.870. The maximum atomic E-state index is 12.9. The van der Waals surface area contributed by atoms with E-state index in [2.05, 4.69) is 86.8 Å². The Morgan fingerprint density at radius 2 is 0.692 bits per heavy atom. The van der Waals surface area contributed by atoms with Gasteiger partial charge in [-0.3, -0.25) is 18.6 Å². The van der Waals surface area contributed by atoms with E-state index in [0.29, 0.717) is 17.4 Å². The lowest BCUT2D eigenvalue weighted by Gasteiger charge is -2.24. The molecule has 0 fully saturated rings. The smallest absolute Gasteiger partial charge is 0.462 e. The average Bonchev–Trinajstić information content (AvgIpc) is 3.41. The van der Waals surface area contributed by atoms with Crippen molar-refractivity contribution in [2.75, 3.05) is 47.5 Å². The van der Waals surface area contributed by atoms with E-state index >= 15 is 0 Å². The molecule has 0 heterocycles. The summed E-state index contributed by atoms with van der Waals surface area (Å²) in [5.41, 5.74) is 0. The first-order valence-electron chi connectivity index (χ1n) is 32.7. The van der Waals surface area contributed by atoms with Gasteiger partial charge in [0.25, 0.3) is 0 Å². The van der Waals surface area contributed by atoms with Crippen LogP contribution in [-0.2, 0) is 32.7 Å². The van der Waals surface area contributed by atoms with Crippen LogP contribution in [0.25, 0.3) is 0 Å². The number of unbranched alkanes of at least 4 members (excludes halogenated alkanes) is 34. The molecule has 1 N–H and O–H groups in total. The molecule has 0 aliphatic carbocycles. The Morgan fingerprint density at radius 3 is 1.03 bits per heavy atom. The molecular formula is C68H125NO8P+. The van der Waals surface area contributed by atoms with Crippen LogP contribution in [0.1, 0.15) is 296 Å². The molecule has 0 bridgehead atoms. The summed E-state index contributed by atoms with van der Waals surface area (Å²) >= 11 is 0. The first kappa shape index (κ1) is 75.5. The molecule has 78 heavy (non-hydrogen) atoms. The van der Waals surface area contributed by atoms with Crippen molar-refractivity contribution in [3.05, 3.63) is 72.9 Å². The van der Waals surface area contributed by atoms with Crippen LogP contribution in [-0.4, -0.2) is 74.9 Å². The fourth-order valence-corrected chi connectivity index (χ4v) is 9.89. The molecule has 0 aromatic heterocycles. The van der Waals surface area contributed by atoms with E-state index in [1.54, 1.807) is 0 Å². The van der Waals surface area contributed by atoms with E-state index in [0.717, 1.165) is 64.2 Å². The number of nitrogens with zero attached hydrogens (tertiary/aromatic N) is 1. The molecule has 2 atom stereocenters. The number of rotatable bonds is 60. The van der Waals surface area contributed by atoms with Crippen molar-refractivity contribution in [1.29, 1.82) is 0 Å². The Balaban J connectivity index is 4.11. The van der Waals surface area contributed by atoms with Gasteiger partial charge in [0.1, 0.15) is 19.8 Å². The second-order valence-corrected chi connectivity index (χ2v) is 24.6. The zero-order valence-electron chi connectivity index (χ0n) is 51.6. The maximum Gasteiger partial charge on any atom is 0.472 e. The monoisotopic (exact) mass is 1110 g/mol. The van der Waals surface area contributed by atoms with Crippen LogP contribution < -0.4 is 0 Å². The van der Waals surface area contributed by atoms with E-state index in [1.165, 1.54) is 199 Å². The molecule has 0 saturated carbocycles. The molecule has 0 aromatic carbocycles. The lowest BCUT2D eigenvalue weighted by Crippen LogP contribution is -2.37. The van der Waals surface area contributed by atoms with Gasteiger partial charge in [-0.2, -0.15) is 0 Å². The molecule has 9 nitrogen and oxygen atoms in total. The minimum absolute atomic E-state index is 0.0292. The van der Waals surface area contributed by atoms with Crippen molar-refractivity contribution in [2.45, 2.75) is 302 Å². The minimum atomic E-state index is -4.39. The number of phosphoric ester groups is 1. The SMILES string of the molecule is CCCCCCC/C=C\C/C=C\C/C=C\CCCCCCCCCCCCCCCCC(=O)OC(COC(=O)CCCCCCCCCCCC/C=C\C/C=C\C/C=C\CCCCCCC)COP(=O)(O)OCC[N+](C)(C)C. The van der Waals surface area contributed by atoms with Gasteiger partial charge in [-0.15, -0.1) is 0 Å². The molecule has 0 saturated heterocycles. The van der Waals surface area contributed by atoms with Crippen LogP contribution in [0.2, 0.25) is 0 Å². The number of esters is 2. The Bertz CT molecular complexity index is 1550. The molecule has 454 valence electrons. The highest BCUT2D eigenvalue weighted by Gasteiger charge is 2.27. The van der Waals surface area contributed by atoms with Gasteiger partial charge in [-0.25, -0.2) is 4.57 Å². The fraction of sp³-hybridized carbons (Fsp3) is 0.794. The van der Waals surface area contributed by atoms with E-state index < -0.39 is 26.5 Å². The van der Waals surface area contributed by atoms with E-state index in [1.807, 2.05) is 21.1 Å². The van der Waals surface area contributed by atoms with Crippen molar-refractivity contribution >= 4 is 19.8 Å². The van der Waals surface area contributed by atoms with Gasteiger partial charge < -0.3 is 18.9 Å². The topological polar surface area (TPSA) is 108 Å². The highest BCUT2D eigenvalue weighted by molar-refractivity contribution is 7.47. The maximum absolute atomic E-state index is 12.9. The molecule has 0 radical (unpaired) electrons. The summed E-state index contributed by atoms with van der Waals surface area (Å²) in [6.07, 6.45) is 78.4. The number of ether oxygens (including phenoxy) is 2. The van der Waals surface area contributed by atoms with Crippen LogP contribution >= 0.6 is 7.82 Å². The molecule has 0 amide bonds. The molecule has 0 rings (SSSR count). The standard InChI is InChI=1S/C68H124NO8P/c1-6-8-10-12-14-16-18-20-22-24-26-28-30-32-33-34-35-37-39-41-43-45-47-49-51-53-55-57-59-61-68(71)77-66(65-76-78(72,73)75-63-62-69(3,4)5)64-74-67(70)60-58-56-54-52-50-48-46-44-42-40-38-36-31-29-27-25-23-21-19-17-15-13-11-9-7-2/h18-21,24-27,30-32,36,66H,6-17,22-23,28-29,33-35,37-65H2,1-5H3/p+1/b20-18-,21-19-,26-24-,27-25-,32-30-,36-31-. The molecule has 2 unspecified atom stereocenters. The summed E-state index contributed by atoms with van der Waals surface area (Å²) in [6, 6.07) is 0. The normalized spacial score (nSPS) is 13.7.